The molecule has 0 saturated carbocycles. The number of oxime groups is 1. The summed E-state index contributed by atoms with van der Waals surface area (Å²) in [6.07, 6.45) is 2.61. The van der Waals surface area contributed by atoms with Crippen LogP contribution in [0.3, 0.4) is 0 Å². The lowest BCUT2D eigenvalue weighted by Crippen LogP contribution is -2.71. The predicted octanol–water partition coefficient (Wildman–Crippen LogP) is -1.73. The average Bonchev–Trinajstić information content (AvgIpc) is 3.22. The van der Waals surface area contributed by atoms with E-state index in [2.05, 4.69) is 19.8 Å². The largest absolute Gasteiger partial charge is 0.477 e. The number of aromatic nitrogens is 3. The molecule has 15 nitrogen and oxygen atoms in total. The monoisotopic (exact) mass is 542 g/mol. The van der Waals surface area contributed by atoms with Crippen LogP contribution in [0.15, 0.2) is 45.8 Å². The Morgan fingerprint density at radius 3 is 2.74 bits per heavy atom. The summed E-state index contributed by atoms with van der Waals surface area (Å²) < 4.78 is 37.2. The smallest absolute Gasteiger partial charge is 0.352 e. The van der Waals surface area contributed by atoms with E-state index in [-0.39, 0.29) is 33.8 Å². The number of nitrogens with zero attached hydrogens (tertiary/aromatic N) is 5. The fraction of sp³-hybridized carbons (Fsp3) is 0.235. The van der Waals surface area contributed by atoms with Gasteiger partial charge < -0.3 is 21.4 Å². The molecule has 0 radical (unpaired) electrons. The topological polar surface area (TPSA) is 229 Å². The maximum absolute atomic E-state index is 12.8. The number of rotatable bonds is 7. The summed E-state index contributed by atoms with van der Waals surface area (Å²) in [5.41, 5.74) is 4.93. The molecule has 35 heavy (non-hydrogen) atoms. The van der Waals surface area contributed by atoms with E-state index in [1.54, 1.807) is 0 Å². The van der Waals surface area contributed by atoms with Gasteiger partial charge in [0.25, 0.3) is 21.9 Å². The number of pyridine rings is 1. The van der Waals surface area contributed by atoms with Gasteiger partial charge in [0.1, 0.15) is 17.1 Å². The van der Waals surface area contributed by atoms with E-state index in [0.717, 1.165) is 22.6 Å². The Bertz CT molecular complexity index is 1400. The Hall–Kier alpha value is -3.61. The first-order valence-electron chi connectivity index (χ1n) is 9.50. The van der Waals surface area contributed by atoms with Gasteiger partial charge in [0.05, 0.1) is 0 Å². The molecule has 0 bridgehead atoms. The number of nitrogens with one attached hydrogen (secondary N) is 1. The van der Waals surface area contributed by atoms with Gasteiger partial charge in [-0.15, -0.1) is 11.8 Å². The highest BCUT2D eigenvalue weighted by atomic mass is 32.2. The molecule has 2 amide bonds. The number of thioether (sulfide) groups is 1. The minimum Gasteiger partial charge on any atom is -0.477 e. The van der Waals surface area contributed by atoms with Crippen molar-refractivity contribution in [3.05, 3.63) is 41.6 Å². The molecular weight excluding hydrogens is 526 g/mol. The van der Waals surface area contributed by atoms with Crippen LogP contribution in [-0.2, 0) is 31.0 Å². The third-order valence-electron chi connectivity index (χ3n) is 5.01. The molecule has 2 aliphatic heterocycles. The second-order valence-corrected chi connectivity index (χ2v) is 10.5. The van der Waals surface area contributed by atoms with Crippen molar-refractivity contribution in [1.29, 1.82) is 0 Å². The highest BCUT2D eigenvalue weighted by Gasteiger charge is 2.54. The first kappa shape index (κ1) is 24.5. The average molecular weight is 543 g/mol. The summed E-state index contributed by atoms with van der Waals surface area (Å²) in [5.74, 6) is -3.12. The predicted molar refractivity (Wildman–Crippen MR) is 119 cm³/mol. The number of nitrogens with two attached hydrogens (primary N) is 1. The van der Waals surface area contributed by atoms with Crippen LogP contribution < -0.4 is 15.6 Å². The van der Waals surface area contributed by atoms with Gasteiger partial charge in [-0.2, -0.15) is 22.3 Å². The Labute approximate surface area is 204 Å². The fourth-order valence-electron chi connectivity index (χ4n) is 3.51. The van der Waals surface area contributed by atoms with E-state index in [9.17, 15) is 37.7 Å². The summed E-state index contributed by atoms with van der Waals surface area (Å²) >= 11 is 1.96. The van der Waals surface area contributed by atoms with Gasteiger partial charge in [-0.3, -0.25) is 19.0 Å². The first-order chi connectivity index (χ1) is 16.5. The summed E-state index contributed by atoms with van der Waals surface area (Å²) in [7, 11) is -4.47. The molecule has 18 heteroatoms. The van der Waals surface area contributed by atoms with Crippen molar-refractivity contribution in [2.45, 2.75) is 22.9 Å². The molecule has 1 fully saturated rings. The second kappa shape index (κ2) is 9.21. The number of fused-ring (bicyclic) bond motifs is 1. The Morgan fingerprint density at radius 1 is 1.40 bits per heavy atom. The maximum Gasteiger partial charge on any atom is 0.352 e. The number of carbonyl (C=O) groups is 3. The zero-order valence-electron chi connectivity index (χ0n) is 17.3. The number of nitrogen functional groups attached to an aromatic ring is 1. The molecular formula is C17H16N7O8S3+. The van der Waals surface area contributed by atoms with Crippen LogP contribution in [0.2, 0.25) is 0 Å². The molecule has 4 heterocycles. The van der Waals surface area contributed by atoms with Crippen LogP contribution in [0.25, 0.3) is 0 Å². The third-order valence-corrected chi connectivity index (χ3v) is 7.73. The van der Waals surface area contributed by atoms with Crippen molar-refractivity contribution in [2.75, 3.05) is 11.5 Å². The number of β-lactam (4-membered cyclic amide) rings is 1. The molecule has 0 spiro atoms. The normalized spacial score (nSPS) is 20.3. The Balaban J connectivity index is 1.55. The lowest BCUT2D eigenvalue weighted by atomic mass is 10.0. The van der Waals surface area contributed by atoms with Gasteiger partial charge in [0.2, 0.25) is 11.5 Å². The quantitative estimate of drug-likeness (QED) is 0.0656. The third kappa shape index (κ3) is 4.67. The minimum absolute atomic E-state index is 0.0337. The minimum atomic E-state index is -4.47. The van der Waals surface area contributed by atoms with Crippen LogP contribution in [0.4, 0.5) is 5.13 Å². The molecule has 2 aromatic rings. The molecule has 184 valence electrons. The SMILES string of the molecule is Nc1nc(/C(=N/O)C(=O)N[C@@H]2C(=O)N3C(C(=O)O)=C(C[n+]4cccc(S(=O)(=O)O)c4)CS[C@H]23)ns1. The van der Waals surface area contributed by atoms with E-state index in [1.807, 2.05) is 0 Å². The zero-order valence-corrected chi connectivity index (χ0v) is 19.7. The van der Waals surface area contributed by atoms with Crippen molar-refractivity contribution >= 4 is 62.0 Å². The first-order valence-corrected chi connectivity index (χ1v) is 12.8. The molecule has 1 saturated heterocycles. The number of amides is 2. The number of carboxylic acids is 1. The van der Waals surface area contributed by atoms with Crippen LogP contribution in [0.1, 0.15) is 5.82 Å². The number of carbonyl (C=O) groups excluding carboxylic acids is 2. The van der Waals surface area contributed by atoms with Crippen LogP contribution in [0, 0.1) is 0 Å². The molecule has 0 unspecified atom stereocenters. The Kier molecular flexibility index (Phi) is 6.45. The van der Waals surface area contributed by atoms with E-state index in [0.29, 0.717) is 5.57 Å². The summed E-state index contributed by atoms with van der Waals surface area (Å²) in [6, 6.07) is 1.44. The number of carboxylic acid groups (broad SMARTS) is 1. The van der Waals surface area contributed by atoms with Gasteiger partial charge >= 0.3 is 5.97 Å². The van der Waals surface area contributed by atoms with E-state index in [1.165, 1.54) is 34.7 Å². The number of aliphatic carboxylic acids is 1. The number of hydrogen-bond donors (Lipinski definition) is 5. The molecule has 0 aromatic carbocycles. The lowest BCUT2D eigenvalue weighted by molar-refractivity contribution is -0.690. The molecule has 2 atom stereocenters. The highest BCUT2D eigenvalue weighted by Crippen LogP contribution is 2.40. The van der Waals surface area contributed by atoms with E-state index < -0.39 is 45.0 Å². The maximum atomic E-state index is 12.8. The van der Waals surface area contributed by atoms with Crippen molar-refractivity contribution in [3.8, 4) is 0 Å². The van der Waals surface area contributed by atoms with Gasteiger partial charge in [-0.1, -0.05) is 5.16 Å². The number of anilines is 1. The molecule has 2 aromatic heterocycles. The zero-order chi connectivity index (χ0) is 25.5. The van der Waals surface area contributed by atoms with Crippen LogP contribution in [-0.4, -0.2) is 78.2 Å². The van der Waals surface area contributed by atoms with Crippen LogP contribution in [0.5, 0.6) is 0 Å². The van der Waals surface area contributed by atoms with E-state index >= 15 is 0 Å². The van der Waals surface area contributed by atoms with Crippen molar-refractivity contribution < 1.29 is 42.2 Å². The van der Waals surface area contributed by atoms with Gasteiger partial charge in [0, 0.05) is 28.9 Å². The summed E-state index contributed by atoms with van der Waals surface area (Å²) in [5, 5.41) is 23.5. The van der Waals surface area contributed by atoms with Crippen molar-refractivity contribution in [3.63, 3.8) is 0 Å². The molecule has 0 aliphatic carbocycles. The Morgan fingerprint density at radius 2 is 2.14 bits per heavy atom. The van der Waals surface area contributed by atoms with Crippen molar-refractivity contribution in [2.24, 2.45) is 5.16 Å². The molecule has 6 N–H and O–H groups in total. The van der Waals surface area contributed by atoms with Gasteiger partial charge in [-0.05, 0) is 6.07 Å². The van der Waals surface area contributed by atoms with E-state index in [4.69, 9.17) is 5.73 Å². The van der Waals surface area contributed by atoms with Crippen LogP contribution >= 0.6 is 23.3 Å². The van der Waals surface area contributed by atoms with Gasteiger partial charge in [-0.25, -0.2) is 4.79 Å². The second-order valence-electron chi connectivity index (χ2n) is 7.21. The fourth-order valence-corrected chi connectivity index (χ4v) is 5.80. The van der Waals surface area contributed by atoms with Crippen molar-refractivity contribution in [1.82, 2.24) is 19.6 Å². The standard InChI is InChI=1S/C17H15N7O8S3/c18-17-20-12(22-34-17)9(21-29)13(25)19-10-14(26)24-11(16(27)28)7(6-33-15(10)24)4-23-3-1-2-8(5-23)35(30,31)32/h1-3,5,10,15H,4,6H2,(H5-,18,19,20,22,25,27,28,29,30,31,32)/p+1/t10-,15-/m1/s1. The highest BCUT2D eigenvalue weighted by molar-refractivity contribution is 8.00. The summed E-state index contributed by atoms with van der Waals surface area (Å²) in [6.45, 7) is -0.0657. The number of hydrogen-bond acceptors (Lipinski definition) is 12. The van der Waals surface area contributed by atoms with Gasteiger partial charge in [0.15, 0.2) is 29.0 Å². The lowest BCUT2D eigenvalue weighted by Gasteiger charge is -2.49. The summed E-state index contributed by atoms with van der Waals surface area (Å²) in [4.78, 5) is 41.8. The molecule has 4 rings (SSSR count). The molecule has 2 aliphatic rings.